The lowest BCUT2D eigenvalue weighted by atomic mass is 9.96. The molecule has 4 heteroatoms. The van der Waals surface area contributed by atoms with Gasteiger partial charge in [0.05, 0.1) is 11.6 Å². The summed E-state index contributed by atoms with van der Waals surface area (Å²) in [6.45, 7) is 2.02. The summed E-state index contributed by atoms with van der Waals surface area (Å²) in [6, 6.07) is 19.8. The van der Waals surface area contributed by atoms with E-state index < -0.39 is 0 Å². The van der Waals surface area contributed by atoms with E-state index in [1.54, 1.807) is 0 Å². The van der Waals surface area contributed by atoms with Crippen molar-refractivity contribution in [3.05, 3.63) is 71.6 Å². The average molecular weight is 322 g/mol. The topological polar surface area (TPSA) is 42.0 Å². The van der Waals surface area contributed by atoms with Gasteiger partial charge in [-0.25, -0.2) is 4.98 Å². The summed E-state index contributed by atoms with van der Waals surface area (Å²) in [7, 11) is 0. The Labute approximate surface area is 140 Å². The molecule has 0 saturated heterocycles. The fourth-order valence-corrected chi connectivity index (χ4v) is 3.25. The van der Waals surface area contributed by atoms with E-state index in [1.807, 2.05) is 73.0 Å². The fourth-order valence-electron chi connectivity index (χ4n) is 2.52. The van der Waals surface area contributed by atoms with Gasteiger partial charge in [0.2, 0.25) is 5.91 Å². The molecule has 1 unspecified atom stereocenters. The van der Waals surface area contributed by atoms with Crippen molar-refractivity contribution in [1.29, 1.82) is 0 Å². The molecular weight excluding hydrogens is 304 g/mol. The van der Waals surface area contributed by atoms with Crippen LogP contribution >= 0.6 is 11.3 Å². The normalized spacial score (nSPS) is 11.9. The zero-order chi connectivity index (χ0) is 16.1. The minimum Gasteiger partial charge on any atom is -0.301 e. The Kier molecular flexibility index (Phi) is 4.83. The lowest BCUT2D eigenvalue weighted by Gasteiger charge is -2.14. The second-order valence-electron chi connectivity index (χ2n) is 5.26. The Balaban J connectivity index is 1.74. The quantitative estimate of drug-likeness (QED) is 0.722. The number of nitrogens with one attached hydrogen (secondary N) is 1. The van der Waals surface area contributed by atoms with E-state index in [4.69, 9.17) is 0 Å². The largest absolute Gasteiger partial charge is 0.301 e. The number of thiazole rings is 1. The summed E-state index contributed by atoms with van der Waals surface area (Å²) >= 11 is 1.45. The van der Waals surface area contributed by atoms with Crippen molar-refractivity contribution in [2.75, 3.05) is 5.32 Å². The lowest BCUT2D eigenvalue weighted by molar-refractivity contribution is -0.117. The minimum absolute atomic E-state index is 0.00679. The van der Waals surface area contributed by atoms with Crippen LogP contribution in [0.2, 0.25) is 0 Å². The smallest absolute Gasteiger partial charge is 0.233 e. The van der Waals surface area contributed by atoms with Gasteiger partial charge in [-0.15, -0.1) is 11.3 Å². The number of hydrogen-bond donors (Lipinski definition) is 1. The summed E-state index contributed by atoms with van der Waals surface area (Å²) < 4.78 is 0. The number of nitrogens with zero attached hydrogens (tertiary/aromatic N) is 1. The van der Waals surface area contributed by atoms with Gasteiger partial charge in [0.1, 0.15) is 0 Å². The molecule has 0 fully saturated rings. The molecule has 0 aliphatic rings. The monoisotopic (exact) mass is 322 g/mol. The number of carbonyl (C=O) groups excluding carboxylic acids is 1. The number of rotatable bonds is 5. The van der Waals surface area contributed by atoms with Gasteiger partial charge in [-0.1, -0.05) is 67.6 Å². The van der Waals surface area contributed by atoms with E-state index in [0.29, 0.717) is 5.13 Å². The van der Waals surface area contributed by atoms with Gasteiger partial charge in [-0.05, 0) is 12.0 Å². The highest BCUT2D eigenvalue weighted by molar-refractivity contribution is 7.14. The highest BCUT2D eigenvalue weighted by Gasteiger charge is 2.19. The van der Waals surface area contributed by atoms with Gasteiger partial charge in [0.15, 0.2) is 5.13 Å². The Hall–Kier alpha value is -2.46. The molecule has 23 heavy (non-hydrogen) atoms. The maximum absolute atomic E-state index is 12.5. The summed E-state index contributed by atoms with van der Waals surface area (Å²) in [4.78, 5) is 17.1. The molecule has 0 aliphatic heterocycles. The molecular formula is C19H18N2OS. The Bertz CT molecular complexity index is 768. The third-order valence-electron chi connectivity index (χ3n) is 3.73. The molecule has 1 heterocycles. The molecule has 3 rings (SSSR count). The lowest BCUT2D eigenvalue weighted by Crippen LogP contribution is -2.20. The molecule has 0 radical (unpaired) electrons. The SMILES string of the molecule is CCC(C(=O)Nc1nc(-c2ccccc2)cs1)c1ccccc1. The van der Waals surface area contributed by atoms with Gasteiger partial charge >= 0.3 is 0 Å². The standard InChI is InChI=1S/C19H18N2OS/c1-2-16(14-9-5-3-6-10-14)18(22)21-19-20-17(13-23-19)15-11-7-4-8-12-15/h3-13,16H,2H2,1H3,(H,20,21,22). The second-order valence-corrected chi connectivity index (χ2v) is 6.12. The van der Waals surface area contributed by atoms with Crippen molar-refractivity contribution in [1.82, 2.24) is 4.98 Å². The second kappa shape index (κ2) is 7.20. The Morgan fingerprint density at radius 3 is 2.39 bits per heavy atom. The molecule has 0 spiro atoms. The molecule has 1 N–H and O–H groups in total. The van der Waals surface area contributed by atoms with Crippen LogP contribution in [0.5, 0.6) is 0 Å². The third kappa shape index (κ3) is 3.66. The van der Waals surface area contributed by atoms with Gasteiger partial charge in [0, 0.05) is 10.9 Å². The maximum atomic E-state index is 12.5. The van der Waals surface area contributed by atoms with E-state index in [9.17, 15) is 4.79 Å². The number of carbonyl (C=O) groups is 1. The molecule has 1 atom stereocenters. The van der Waals surface area contributed by atoms with Gasteiger partial charge in [-0.2, -0.15) is 0 Å². The van der Waals surface area contributed by atoms with Crippen LogP contribution in [0.15, 0.2) is 66.0 Å². The predicted molar refractivity (Wildman–Crippen MR) is 95.7 cm³/mol. The highest BCUT2D eigenvalue weighted by atomic mass is 32.1. The summed E-state index contributed by atoms with van der Waals surface area (Å²) in [5.74, 6) is -0.159. The Morgan fingerprint density at radius 1 is 1.09 bits per heavy atom. The van der Waals surface area contributed by atoms with Crippen LogP contribution in [0.3, 0.4) is 0 Å². The van der Waals surface area contributed by atoms with Crippen LogP contribution < -0.4 is 5.32 Å². The van der Waals surface area contributed by atoms with Crippen LogP contribution in [0, 0.1) is 0 Å². The molecule has 0 bridgehead atoms. The number of amides is 1. The zero-order valence-corrected chi connectivity index (χ0v) is 13.7. The first-order chi connectivity index (χ1) is 11.3. The Morgan fingerprint density at radius 2 is 1.74 bits per heavy atom. The molecule has 2 aromatic carbocycles. The van der Waals surface area contributed by atoms with Gasteiger partial charge < -0.3 is 5.32 Å². The van der Waals surface area contributed by atoms with Crippen molar-refractivity contribution in [3.63, 3.8) is 0 Å². The van der Waals surface area contributed by atoms with Crippen LogP contribution in [0.4, 0.5) is 5.13 Å². The van der Waals surface area contributed by atoms with E-state index >= 15 is 0 Å². The average Bonchev–Trinajstić information content (AvgIpc) is 3.06. The van der Waals surface area contributed by atoms with Crippen LogP contribution in [0.25, 0.3) is 11.3 Å². The first kappa shape index (κ1) is 15.4. The van der Waals surface area contributed by atoms with Crippen LogP contribution in [0.1, 0.15) is 24.8 Å². The molecule has 3 aromatic rings. The molecule has 3 nitrogen and oxygen atoms in total. The predicted octanol–water partition coefficient (Wildman–Crippen LogP) is 4.94. The van der Waals surface area contributed by atoms with E-state index in [0.717, 1.165) is 23.2 Å². The van der Waals surface area contributed by atoms with E-state index in [2.05, 4.69) is 10.3 Å². The van der Waals surface area contributed by atoms with Crippen molar-refractivity contribution in [2.45, 2.75) is 19.3 Å². The number of aromatic nitrogens is 1. The molecule has 116 valence electrons. The van der Waals surface area contributed by atoms with Crippen LogP contribution in [-0.2, 0) is 4.79 Å². The van der Waals surface area contributed by atoms with Crippen molar-refractivity contribution in [2.24, 2.45) is 0 Å². The zero-order valence-electron chi connectivity index (χ0n) is 12.9. The summed E-state index contributed by atoms with van der Waals surface area (Å²) in [5, 5.41) is 5.56. The molecule has 0 saturated carbocycles. The number of hydrogen-bond acceptors (Lipinski definition) is 3. The van der Waals surface area contributed by atoms with Gasteiger partial charge in [0.25, 0.3) is 0 Å². The van der Waals surface area contributed by atoms with Crippen LogP contribution in [-0.4, -0.2) is 10.9 Å². The first-order valence-electron chi connectivity index (χ1n) is 7.64. The molecule has 0 aliphatic carbocycles. The summed E-state index contributed by atoms with van der Waals surface area (Å²) in [5.41, 5.74) is 2.98. The number of benzene rings is 2. The highest BCUT2D eigenvalue weighted by Crippen LogP contribution is 2.26. The fraction of sp³-hybridized carbons (Fsp3) is 0.158. The molecule has 1 aromatic heterocycles. The van der Waals surface area contributed by atoms with Crippen molar-refractivity contribution in [3.8, 4) is 11.3 Å². The van der Waals surface area contributed by atoms with Crippen molar-refractivity contribution < 1.29 is 4.79 Å². The van der Waals surface area contributed by atoms with Crippen molar-refractivity contribution >= 4 is 22.4 Å². The van der Waals surface area contributed by atoms with E-state index in [1.165, 1.54) is 11.3 Å². The first-order valence-corrected chi connectivity index (χ1v) is 8.52. The summed E-state index contributed by atoms with van der Waals surface area (Å²) in [6.07, 6.45) is 0.757. The minimum atomic E-state index is -0.153. The number of anilines is 1. The van der Waals surface area contributed by atoms with E-state index in [-0.39, 0.29) is 11.8 Å². The van der Waals surface area contributed by atoms with Gasteiger partial charge in [-0.3, -0.25) is 4.79 Å². The third-order valence-corrected chi connectivity index (χ3v) is 4.49. The molecule has 1 amide bonds. The maximum Gasteiger partial charge on any atom is 0.233 e.